The summed E-state index contributed by atoms with van der Waals surface area (Å²) < 4.78 is 6.10. The van der Waals surface area contributed by atoms with Crippen molar-refractivity contribution in [1.29, 1.82) is 0 Å². The summed E-state index contributed by atoms with van der Waals surface area (Å²) >= 11 is 0. The maximum atomic E-state index is 12.3. The van der Waals surface area contributed by atoms with E-state index in [1.165, 1.54) is 10.5 Å². The fourth-order valence-electron chi connectivity index (χ4n) is 3.70. The second kappa shape index (κ2) is 7.26. The lowest BCUT2D eigenvalue weighted by atomic mass is 9.91. The highest BCUT2D eigenvalue weighted by atomic mass is 16.5. The van der Waals surface area contributed by atoms with Crippen molar-refractivity contribution in [3.8, 4) is 0 Å². The molecule has 0 radical (unpaired) electrons. The first-order valence-electron chi connectivity index (χ1n) is 8.68. The molecule has 0 aromatic heterocycles. The van der Waals surface area contributed by atoms with Crippen molar-refractivity contribution in [2.45, 2.75) is 57.6 Å². The Balaban J connectivity index is 1.60. The molecule has 1 aliphatic carbocycles. The van der Waals surface area contributed by atoms with Crippen LogP contribution in [0.3, 0.4) is 0 Å². The Labute approximate surface area is 137 Å². The Hall–Kier alpha value is -1.68. The van der Waals surface area contributed by atoms with Crippen LogP contribution in [-0.4, -0.2) is 35.5 Å². The molecule has 1 saturated carbocycles. The number of rotatable bonds is 5. The molecule has 2 fully saturated rings. The minimum atomic E-state index is -0.172. The number of carbonyl (C=O) groups is 2. The lowest BCUT2D eigenvalue weighted by molar-refractivity contribution is -0.147. The number of hydrogen-bond acceptors (Lipinski definition) is 3. The van der Waals surface area contributed by atoms with Gasteiger partial charge in [-0.25, -0.2) is 0 Å². The van der Waals surface area contributed by atoms with Gasteiger partial charge in [-0.3, -0.25) is 14.5 Å². The standard InChI is InChI=1S/C19H25NO3/c1-14-13-18(21)20(19(14)22)16-9-5-6-10-17(16)23-12-11-15-7-3-2-4-8-15/h2-4,7-8,14,16-17H,5-6,9-13H2,1H3/t14?,16-,17-/m1/s1. The molecule has 4 nitrogen and oxygen atoms in total. The van der Waals surface area contributed by atoms with E-state index >= 15 is 0 Å². The average molecular weight is 315 g/mol. The van der Waals surface area contributed by atoms with Gasteiger partial charge in [-0.05, 0) is 24.8 Å². The molecule has 3 atom stereocenters. The van der Waals surface area contributed by atoms with Crippen LogP contribution < -0.4 is 0 Å². The Morgan fingerprint density at radius 2 is 1.87 bits per heavy atom. The highest BCUT2D eigenvalue weighted by Crippen LogP contribution is 2.31. The molecule has 0 spiro atoms. The van der Waals surface area contributed by atoms with E-state index in [0.717, 1.165) is 32.1 Å². The highest BCUT2D eigenvalue weighted by Gasteiger charge is 2.43. The third kappa shape index (κ3) is 3.63. The van der Waals surface area contributed by atoms with Gasteiger partial charge in [0.2, 0.25) is 11.8 Å². The minimum Gasteiger partial charge on any atom is -0.376 e. The quantitative estimate of drug-likeness (QED) is 0.785. The molecule has 1 aromatic rings. The molecule has 2 amide bonds. The lowest BCUT2D eigenvalue weighted by Crippen LogP contribution is -2.49. The van der Waals surface area contributed by atoms with Gasteiger partial charge in [-0.15, -0.1) is 0 Å². The zero-order valence-electron chi connectivity index (χ0n) is 13.7. The molecule has 0 bridgehead atoms. The van der Waals surface area contributed by atoms with Crippen LogP contribution in [0.15, 0.2) is 30.3 Å². The number of ether oxygens (including phenoxy) is 1. The molecule has 1 aliphatic heterocycles. The van der Waals surface area contributed by atoms with Crippen LogP contribution in [0.1, 0.15) is 44.6 Å². The average Bonchev–Trinajstić information content (AvgIpc) is 2.82. The molecule has 1 saturated heterocycles. The van der Waals surface area contributed by atoms with Crippen molar-refractivity contribution >= 4 is 11.8 Å². The molecular weight excluding hydrogens is 290 g/mol. The predicted octanol–water partition coefficient (Wildman–Crippen LogP) is 2.95. The molecule has 1 heterocycles. The zero-order chi connectivity index (χ0) is 16.2. The molecule has 23 heavy (non-hydrogen) atoms. The van der Waals surface area contributed by atoms with Crippen LogP contribution in [0.2, 0.25) is 0 Å². The van der Waals surface area contributed by atoms with E-state index in [1.807, 2.05) is 25.1 Å². The lowest BCUT2D eigenvalue weighted by Gasteiger charge is -2.36. The minimum absolute atomic E-state index is 0.00865. The smallest absolute Gasteiger partial charge is 0.232 e. The van der Waals surface area contributed by atoms with Crippen LogP contribution in [0.25, 0.3) is 0 Å². The molecule has 124 valence electrons. The van der Waals surface area contributed by atoms with Gasteiger partial charge >= 0.3 is 0 Å². The highest BCUT2D eigenvalue weighted by molar-refractivity contribution is 6.03. The number of carbonyl (C=O) groups excluding carboxylic acids is 2. The summed E-state index contributed by atoms with van der Waals surface area (Å²) in [5.74, 6) is -0.209. The van der Waals surface area contributed by atoms with Gasteiger partial charge < -0.3 is 4.74 Å². The summed E-state index contributed by atoms with van der Waals surface area (Å²) in [4.78, 5) is 26.0. The Kier molecular flexibility index (Phi) is 5.11. The SMILES string of the molecule is CC1CC(=O)N([C@@H]2CCCC[C@H]2OCCc2ccccc2)C1=O. The van der Waals surface area contributed by atoms with E-state index in [0.29, 0.717) is 13.0 Å². The van der Waals surface area contributed by atoms with Gasteiger partial charge in [-0.2, -0.15) is 0 Å². The normalized spacial score (nSPS) is 28.4. The Morgan fingerprint density at radius 3 is 2.57 bits per heavy atom. The summed E-state index contributed by atoms with van der Waals surface area (Å²) in [5, 5.41) is 0. The number of hydrogen-bond donors (Lipinski definition) is 0. The maximum Gasteiger partial charge on any atom is 0.232 e. The van der Waals surface area contributed by atoms with Crippen molar-refractivity contribution in [3.63, 3.8) is 0 Å². The predicted molar refractivity (Wildman–Crippen MR) is 87.8 cm³/mol. The summed E-state index contributed by atoms with van der Waals surface area (Å²) in [6, 6.07) is 10.2. The van der Waals surface area contributed by atoms with Gasteiger partial charge in [0.05, 0.1) is 18.8 Å². The van der Waals surface area contributed by atoms with Gasteiger partial charge in [0.1, 0.15) is 0 Å². The van der Waals surface area contributed by atoms with Crippen LogP contribution in [0, 0.1) is 5.92 Å². The van der Waals surface area contributed by atoms with Crippen LogP contribution in [-0.2, 0) is 20.7 Å². The van der Waals surface area contributed by atoms with Crippen LogP contribution >= 0.6 is 0 Å². The molecule has 0 N–H and O–H groups in total. The molecule has 1 unspecified atom stereocenters. The second-order valence-electron chi connectivity index (χ2n) is 6.70. The van der Waals surface area contributed by atoms with Crippen molar-refractivity contribution in [3.05, 3.63) is 35.9 Å². The number of nitrogens with zero attached hydrogens (tertiary/aromatic N) is 1. The fraction of sp³-hybridized carbons (Fsp3) is 0.579. The fourth-order valence-corrected chi connectivity index (χ4v) is 3.70. The number of amides is 2. The topological polar surface area (TPSA) is 46.6 Å². The third-order valence-corrected chi connectivity index (χ3v) is 4.97. The largest absolute Gasteiger partial charge is 0.376 e. The van der Waals surface area contributed by atoms with E-state index in [2.05, 4.69) is 12.1 Å². The summed E-state index contributed by atoms with van der Waals surface area (Å²) in [6.45, 7) is 2.48. The third-order valence-electron chi connectivity index (χ3n) is 4.97. The Bertz CT molecular complexity index is 557. The first-order chi connectivity index (χ1) is 11.2. The van der Waals surface area contributed by atoms with E-state index in [1.54, 1.807) is 0 Å². The first-order valence-corrected chi connectivity index (χ1v) is 8.68. The van der Waals surface area contributed by atoms with Crippen molar-refractivity contribution < 1.29 is 14.3 Å². The molecule has 3 rings (SSSR count). The van der Waals surface area contributed by atoms with Gasteiger partial charge in [0.15, 0.2) is 0 Å². The summed E-state index contributed by atoms with van der Waals surface area (Å²) in [6.07, 6.45) is 5.19. The van der Waals surface area contributed by atoms with Crippen LogP contribution in [0.4, 0.5) is 0 Å². The maximum absolute atomic E-state index is 12.3. The van der Waals surface area contributed by atoms with Crippen molar-refractivity contribution in [2.75, 3.05) is 6.61 Å². The van der Waals surface area contributed by atoms with Crippen LogP contribution in [0.5, 0.6) is 0 Å². The summed E-state index contributed by atoms with van der Waals surface area (Å²) in [7, 11) is 0. The molecule has 1 aromatic carbocycles. The number of imide groups is 1. The van der Waals surface area contributed by atoms with Crippen molar-refractivity contribution in [1.82, 2.24) is 4.90 Å². The second-order valence-corrected chi connectivity index (χ2v) is 6.70. The Morgan fingerprint density at radius 1 is 1.13 bits per heavy atom. The van der Waals surface area contributed by atoms with E-state index in [9.17, 15) is 9.59 Å². The summed E-state index contributed by atoms with van der Waals surface area (Å²) in [5.41, 5.74) is 1.25. The number of likely N-dealkylation sites (tertiary alicyclic amines) is 1. The first kappa shape index (κ1) is 16.2. The van der Waals surface area contributed by atoms with E-state index in [-0.39, 0.29) is 29.9 Å². The van der Waals surface area contributed by atoms with Gasteiger partial charge in [0, 0.05) is 12.3 Å². The van der Waals surface area contributed by atoms with Crippen molar-refractivity contribution in [2.24, 2.45) is 5.92 Å². The van der Waals surface area contributed by atoms with E-state index < -0.39 is 0 Å². The molecule has 2 aliphatic rings. The molecular formula is C19H25NO3. The monoisotopic (exact) mass is 315 g/mol. The van der Waals surface area contributed by atoms with Gasteiger partial charge in [0.25, 0.3) is 0 Å². The number of benzene rings is 1. The van der Waals surface area contributed by atoms with Gasteiger partial charge in [-0.1, -0.05) is 50.1 Å². The zero-order valence-corrected chi connectivity index (χ0v) is 13.7. The molecule has 4 heteroatoms. The van der Waals surface area contributed by atoms with E-state index in [4.69, 9.17) is 4.74 Å².